The van der Waals surface area contributed by atoms with E-state index in [0.717, 1.165) is 0 Å². The molecule has 0 atom stereocenters. The Kier molecular flexibility index (Phi) is 5.12. The third-order valence-electron chi connectivity index (χ3n) is 2.13. The smallest absolute Gasteiger partial charge is 0.222 e. The maximum Gasteiger partial charge on any atom is 0.222 e. The minimum atomic E-state index is -0.871. The summed E-state index contributed by atoms with van der Waals surface area (Å²) in [6.07, 6.45) is -0.801. The largest absolute Gasteiger partial charge is 0.491 e. The minimum Gasteiger partial charge on any atom is -0.491 e. The Morgan fingerprint density at radius 3 is 2.35 bits per heavy atom. The zero-order valence-corrected chi connectivity index (χ0v) is 10.6. The Labute approximate surface area is 101 Å². The highest BCUT2D eigenvalue weighted by Gasteiger charge is 2.19. The van der Waals surface area contributed by atoms with Crippen molar-refractivity contribution < 1.29 is 19.0 Å². The van der Waals surface area contributed by atoms with Crippen LogP contribution in [-0.2, 0) is 9.47 Å². The Morgan fingerprint density at radius 1 is 1.18 bits per heavy atom. The van der Waals surface area contributed by atoms with E-state index in [2.05, 4.69) is 0 Å². The number of ketones is 1. The van der Waals surface area contributed by atoms with Crippen LogP contribution in [0.25, 0.3) is 0 Å². The van der Waals surface area contributed by atoms with E-state index in [-0.39, 0.29) is 11.9 Å². The molecule has 0 aromatic heterocycles. The molecular formula is C13H18O4. The molecule has 0 N–H and O–H groups in total. The number of hydrogen-bond acceptors (Lipinski definition) is 4. The van der Waals surface area contributed by atoms with Crippen molar-refractivity contribution in [1.29, 1.82) is 0 Å². The quantitative estimate of drug-likeness (QED) is 0.563. The molecule has 0 saturated carbocycles. The van der Waals surface area contributed by atoms with Crippen molar-refractivity contribution in [3.8, 4) is 5.75 Å². The van der Waals surface area contributed by atoms with E-state index < -0.39 is 6.29 Å². The highest BCUT2D eigenvalue weighted by molar-refractivity contribution is 5.98. The van der Waals surface area contributed by atoms with Gasteiger partial charge in [-0.2, -0.15) is 0 Å². The maximum absolute atomic E-state index is 11.9. The van der Waals surface area contributed by atoms with Gasteiger partial charge in [-0.25, -0.2) is 0 Å². The normalized spacial score (nSPS) is 10.9. The summed E-state index contributed by atoms with van der Waals surface area (Å²) in [5, 5.41) is 0. The van der Waals surface area contributed by atoms with Gasteiger partial charge in [-0.3, -0.25) is 4.79 Å². The van der Waals surface area contributed by atoms with Crippen LogP contribution >= 0.6 is 0 Å². The molecule has 0 radical (unpaired) electrons. The average Bonchev–Trinajstić information content (AvgIpc) is 2.30. The van der Waals surface area contributed by atoms with Crippen molar-refractivity contribution in [2.75, 3.05) is 14.2 Å². The fourth-order valence-corrected chi connectivity index (χ4v) is 1.44. The monoisotopic (exact) mass is 238 g/mol. The van der Waals surface area contributed by atoms with Gasteiger partial charge < -0.3 is 14.2 Å². The van der Waals surface area contributed by atoms with Gasteiger partial charge in [0.2, 0.25) is 12.1 Å². The number of rotatable bonds is 6. The highest BCUT2D eigenvalue weighted by atomic mass is 16.7. The fourth-order valence-electron chi connectivity index (χ4n) is 1.44. The highest BCUT2D eigenvalue weighted by Crippen LogP contribution is 2.17. The van der Waals surface area contributed by atoms with Crippen LogP contribution in [0, 0.1) is 0 Å². The van der Waals surface area contributed by atoms with Gasteiger partial charge in [-0.15, -0.1) is 0 Å². The zero-order valence-electron chi connectivity index (χ0n) is 10.6. The van der Waals surface area contributed by atoms with E-state index in [4.69, 9.17) is 14.2 Å². The first kappa shape index (κ1) is 13.7. The predicted molar refractivity (Wildman–Crippen MR) is 64.3 cm³/mol. The van der Waals surface area contributed by atoms with Gasteiger partial charge in [0.25, 0.3) is 0 Å². The third-order valence-corrected chi connectivity index (χ3v) is 2.13. The number of carbonyl (C=O) groups is 1. The number of carbonyl (C=O) groups excluding carboxylic acids is 1. The zero-order chi connectivity index (χ0) is 12.8. The summed E-state index contributed by atoms with van der Waals surface area (Å²) in [5.74, 6) is 0.445. The fraction of sp³-hybridized carbons (Fsp3) is 0.462. The molecule has 17 heavy (non-hydrogen) atoms. The lowest BCUT2D eigenvalue weighted by Crippen LogP contribution is -2.24. The maximum atomic E-state index is 11.9. The van der Waals surface area contributed by atoms with E-state index in [0.29, 0.717) is 11.3 Å². The van der Waals surface area contributed by atoms with Crippen LogP contribution in [0.3, 0.4) is 0 Å². The minimum absolute atomic E-state index is 0.0704. The Balaban J connectivity index is 2.87. The molecule has 0 heterocycles. The molecule has 0 fully saturated rings. The van der Waals surface area contributed by atoms with Crippen LogP contribution in [0.2, 0.25) is 0 Å². The van der Waals surface area contributed by atoms with Crippen LogP contribution in [0.15, 0.2) is 24.3 Å². The van der Waals surface area contributed by atoms with Crippen LogP contribution in [-0.4, -0.2) is 32.4 Å². The Morgan fingerprint density at radius 2 is 1.82 bits per heavy atom. The van der Waals surface area contributed by atoms with E-state index >= 15 is 0 Å². The summed E-state index contributed by atoms with van der Waals surface area (Å²) >= 11 is 0. The van der Waals surface area contributed by atoms with Crippen molar-refractivity contribution in [1.82, 2.24) is 0 Å². The molecule has 4 nitrogen and oxygen atoms in total. The van der Waals surface area contributed by atoms with E-state index in [9.17, 15) is 4.79 Å². The predicted octanol–water partition coefficient (Wildman–Crippen LogP) is 2.28. The number of hydrogen-bond donors (Lipinski definition) is 0. The van der Waals surface area contributed by atoms with Crippen molar-refractivity contribution in [2.24, 2.45) is 0 Å². The summed E-state index contributed by atoms with van der Waals surface area (Å²) in [6.45, 7) is 3.86. The molecule has 0 aliphatic rings. The van der Waals surface area contributed by atoms with Crippen molar-refractivity contribution in [3.63, 3.8) is 0 Å². The lowest BCUT2D eigenvalue weighted by molar-refractivity contribution is -0.0742. The van der Waals surface area contributed by atoms with Crippen LogP contribution < -0.4 is 4.74 Å². The molecule has 0 bridgehead atoms. The summed E-state index contributed by atoms with van der Waals surface area (Å²) in [4.78, 5) is 11.9. The second-order valence-electron chi connectivity index (χ2n) is 3.86. The molecule has 0 aliphatic carbocycles. The molecule has 94 valence electrons. The number of methoxy groups -OCH3 is 2. The Bertz CT molecular complexity index is 369. The molecule has 0 amide bonds. The van der Waals surface area contributed by atoms with Gasteiger partial charge >= 0.3 is 0 Å². The summed E-state index contributed by atoms with van der Waals surface area (Å²) in [5.41, 5.74) is 0.511. The first-order valence-corrected chi connectivity index (χ1v) is 5.45. The second-order valence-corrected chi connectivity index (χ2v) is 3.86. The molecule has 1 aromatic carbocycles. The van der Waals surface area contributed by atoms with Crippen molar-refractivity contribution in [2.45, 2.75) is 26.2 Å². The van der Waals surface area contributed by atoms with Crippen molar-refractivity contribution >= 4 is 5.78 Å². The lowest BCUT2D eigenvalue weighted by atomic mass is 10.1. The molecule has 0 saturated heterocycles. The SMILES string of the molecule is COC(OC)C(=O)c1cccc(OC(C)C)c1. The second kappa shape index (κ2) is 6.37. The van der Waals surface area contributed by atoms with Crippen LogP contribution in [0.1, 0.15) is 24.2 Å². The topological polar surface area (TPSA) is 44.8 Å². The lowest BCUT2D eigenvalue weighted by Gasteiger charge is -2.14. The van der Waals surface area contributed by atoms with Crippen molar-refractivity contribution in [3.05, 3.63) is 29.8 Å². The van der Waals surface area contributed by atoms with Gasteiger partial charge in [0, 0.05) is 19.8 Å². The Hall–Kier alpha value is -1.39. The molecule has 0 unspecified atom stereocenters. The van der Waals surface area contributed by atoms with E-state index in [1.165, 1.54) is 14.2 Å². The summed E-state index contributed by atoms with van der Waals surface area (Å²) < 4.78 is 15.4. The van der Waals surface area contributed by atoms with Gasteiger partial charge in [0.15, 0.2) is 0 Å². The van der Waals surface area contributed by atoms with Gasteiger partial charge in [-0.05, 0) is 26.0 Å². The summed E-state index contributed by atoms with van der Waals surface area (Å²) in [7, 11) is 2.86. The molecule has 1 aromatic rings. The molecule has 1 rings (SSSR count). The van der Waals surface area contributed by atoms with E-state index in [1.807, 2.05) is 19.9 Å². The first-order chi connectivity index (χ1) is 8.08. The standard InChI is InChI=1S/C13H18O4/c1-9(2)17-11-7-5-6-10(8-11)12(14)13(15-3)16-4/h5-9,13H,1-4H3. The average molecular weight is 238 g/mol. The van der Waals surface area contributed by atoms with Gasteiger partial charge in [0.1, 0.15) is 5.75 Å². The van der Waals surface area contributed by atoms with Gasteiger partial charge in [-0.1, -0.05) is 12.1 Å². The third kappa shape index (κ3) is 3.84. The number of benzene rings is 1. The molecular weight excluding hydrogens is 220 g/mol. The number of ether oxygens (including phenoxy) is 3. The first-order valence-electron chi connectivity index (χ1n) is 5.45. The molecule has 4 heteroatoms. The molecule has 0 aliphatic heterocycles. The number of Topliss-reactive ketones (excluding diaryl/α,β-unsaturated/α-hetero) is 1. The van der Waals surface area contributed by atoms with Gasteiger partial charge in [0.05, 0.1) is 6.10 Å². The van der Waals surface area contributed by atoms with E-state index in [1.54, 1.807) is 18.2 Å². The van der Waals surface area contributed by atoms with Crippen LogP contribution in [0.5, 0.6) is 5.75 Å². The van der Waals surface area contributed by atoms with Crippen LogP contribution in [0.4, 0.5) is 0 Å². The molecule has 0 spiro atoms. The summed E-state index contributed by atoms with van der Waals surface area (Å²) in [6, 6.07) is 6.98.